The number of hydrogen-bond donors (Lipinski definition) is 0. The molecule has 37 heavy (non-hydrogen) atoms. The van der Waals surface area contributed by atoms with Crippen molar-refractivity contribution in [2.75, 3.05) is 0 Å². The highest BCUT2D eigenvalue weighted by Gasteiger charge is 2.12. The highest BCUT2D eigenvalue weighted by molar-refractivity contribution is 7.25. The average Bonchev–Trinajstić information content (AvgIpc) is 3.35. The molecule has 0 radical (unpaired) electrons. The zero-order chi connectivity index (χ0) is 24.3. The molecule has 0 bridgehead atoms. The summed E-state index contributed by atoms with van der Waals surface area (Å²) in [6.45, 7) is 0. The summed E-state index contributed by atoms with van der Waals surface area (Å²) in [5.41, 5.74) is 6.75. The summed E-state index contributed by atoms with van der Waals surface area (Å²) in [5.74, 6) is 0. The van der Waals surface area contributed by atoms with E-state index in [4.69, 9.17) is 4.98 Å². The summed E-state index contributed by atoms with van der Waals surface area (Å²) in [4.78, 5) is 9.41. The van der Waals surface area contributed by atoms with E-state index in [1.165, 1.54) is 53.2 Å². The molecule has 0 amide bonds. The molecule has 0 aliphatic carbocycles. The fourth-order valence-electron chi connectivity index (χ4n) is 5.57. The normalized spacial score (nSPS) is 11.8. The Balaban J connectivity index is 1.24. The van der Waals surface area contributed by atoms with E-state index in [0.29, 0.717) is 0 Å². The third kappa shape index (κ3) is 3.18. The maximum absolute atomic E-state index is 4.73. The van der Waals surface area contributed by atoms with Crippen molar-refractivity contribution in [2.45, 2.75) is 0 Å². The van der Waals surface area contributed by atoms with Gasteiger partial charge in [-0.25, -0.2) is 0 Å². The zero-order valence-electron chi connectivity index (χ0n) is 19.8. The predicted octanol–water partition coefficient (Wildman–Crippen LogP) is 9.64. The SMILES string of the molecule is c1ccc2c(c1)sc1ccc(-c3ccc(-c4ccc5c6ccccc6c6nccnc6c5c4)cc3)cc12. The molecule has 2 aromatic heterocycles. The van der Waals surface area contributed by atoms with E-state index in [0.717, 1.165) is 21.8 Å². The van der Waals surface area contributed by atoms with Gasteiger partial charge in [0.1, 0.15) is 0 Å². The van der Waals surface area contributed by atoms with Gasteiger partial charge in [0.05, 0.1) is 11.0 Å². The molecule has 0 saturated carbocycles. The van der Waals surface area contributed by atoms with Gasteiger partial charge >= 0.3 is 0 Å². The van der Waals surface area contributed by atoms with Crippen LogP contribution in [0.3, 0.4) is 0 Å². The minimum absolute atomic E-state index is 0.950. The van der Waals surface area contributed by atoms with Crippen molar-refractivity contribution in [3.8, 4) is 22.3 Å². The molecule has 0 unspecified atom stereocenters. The van der Waals surface area contributed by atoms with Gasteiger partial charge in [0, 0.05) is 43.3 Å². The van der Waals surface area contributed by atoms with Gasteiger partial charge in [-0.05, 0) is 57.3 Å². The predicted molar refractivity (Wildman–Crippen MR) is 158 cm³/mol. The molecule has 0 atom stereocenters. The topological polar surface area (TPSA) is 25.8 Å². The molecule has 2 nitrogen and oxygen atoms in total. The monoisotopic (exact) mass is 488 g/mol. The van der Waals surface area contributed by atoms with Crippen LogP contribution in [0.4, 0.5) is 0 Å². The van der Waals surface area contributed by atoms with Crippen molar-refractivity contribution in [1.29, 1.82) is 0 Å². The molecular weight excluding hydrogens is 468 g/mol. The molecule has 0 spiro atoms. The second kappa shape index (κ2) is 7.95. The van der Waals surface area contributed by atoms with Crippen LogP contribution in [0.1, 0.15) is 0 Å². The van der Waals surface area contributed by atoms with Gasteiger partial charge < -0.3 is 0 Å². The quantitative estimate of drug-likeness (QED) is 0.226. The lowest BCUT2D eigenvalue weighted by Crippen LogP contribution is -1.89. The third-order valence-electron chi connectivity index (χ3n) is 7.37. The fraction of sp³-hybridized carbons (Fsp3) is 0. The molecule has 0 aliphatic heterocycles. The maximum atomic E-state index is 4.73. The van der Waals surface area contributed by atoms with Gasteiger partial charge in [0.25, 0.3) is 0 Å². The summed E-state index contributed by atoms with van der Waals surface area (Å²) < 4.78 is 2.67. The van der Waals surface area contributed by atoms with E-state index in [2.05, 4.69) is 114 Å². The number of aromatic nitrogens is 2. The Hall–Kier alpha value is -4.60. The number of rotatable bonds is 2. The van der Waals surface area contributed by atoms with Crippen molar-refractivity contribution >= 4 is 64.1 Å². The van der Waals surface area contributed by atoms with Crippen LogP contribution in [0.5, 0.6) is 0 Å². The van der Waals surface area contributed by atoms with Gasteiger partial charge in [-0.3, -0.25) is 9.97 Å². The summed E-state index contributed by atoms with van der Waals surface area (Å²) >= 11 is 1.86. The highest BCUT2D eigenvalue weighted by Crippen LogP contribution is 2.38. The van der Waals surface area contributed by atoms with Crippen LogP contribution in [-0.2, 0) is 0 Å². The van der Waals surface area contributed by atoms with E-state index >= 15 is 0 Å². The van der Waals surface area contributed by atoms with Crippen LogP contribution in [0.25, 0.3) is 75.0 Å². The maximum Gasteiger partial charge on any atom is 0.0971 e. The molecule has 0 aliphatic rings. The Labute approximate surface area is 217 Å². The van der Waals surface area contributed by atoms with Crippen LogP contribution < -0.4 is 0 Å². The van der Waals surface area contributed by atoms with Crippen molar-refractivity contribution < 1.29 is 0 Å². The fourth-order valence-corrected chi connectivity index (χ4v) is 6.66. The standard InChI is InChI=1S/C34H20N2S/c1-2-7-28-25(5-1)26-15-13-23(20-30(26)34-33(28)35-17-18-36-34)21-9-11-22(12-10-21)24-14-16-32-29(19-24)27-6-3-4-8-31(27)37-32/h1-20H. The third-order valence-corrected chi connectivity index (χ3v) is 8.53. The minimum Gasteiger partial charge on any atom is -0.252 e. The summed E-state index contributed by atoms with van der Waals surface area (Å²) in [7, 11) is 0. The summed E-state index contributed by atoms with van der Waals surface area (Å²) in [5, 5.41) is 7.37. The smallest absolute Gasteiger partial charge is 0.0971 e. The first-order valence-electron chi connectivity index (χ1n) is 12.4. The molecule has 0 fully saturated rings. The molecular formula is C34H20N2S. The van der Waals surface area contributed by atoms with E-state index < -0.39 is 0 Å². The lowest BCUT2D eigenvalue weighted by Gasteiger charge is -2.11. The molecule has 8 aromatic rings. The first-order chi connectivity index (χ1) is 18.3. The number of hydrogen-bond acceptors (Lipinski definition) is 3. The van der Waals surface area contributed by atoms with Crippen molar-refractivity contribution in [1.82, 2.24) is 9.97 Å². The van der Waals surface area contributed by atoms with E-state index in [-0.39, 0.29) is 0 Å². The van der Waals surface area contributed by atoms with Gasteiger partial charge in [-0.15, -0.1) is 11.3 Å². The zero-order valence-corrected chi connectivity index (χ0v) is 20.7. The Morgan fingerprint density at radius 1 is 0.378 bits per heavy atom. The lowest BCUT2D eigenvalue weighted by atomic mass is 9.94. The van der Waals surface area contributed by atoms with Gasteiger partial charge in [0.2, 0.25) is 0 Å². The van der Waals surface area contributed by atoms with E-state index in [1.54, 1.807) is 12.4 Å². The van der Waals surface area contributed by atoms with Crippen LogP contribution in [0.15, 0.2) is 122 Å². The van der Waals surface area contributed by atoms with Crippen molar-refractivity contribution in [2.24, 2.45) is 0 Å². The van der Waals surface area contributed by atoms with Crippen LogP contribution in [0, 0.1) is 0 Å². The van der Waals surface area contributed by atoms with E-state index in [9.17, 15) is 0 Å². The molecule has 0 N–H and O–H groups in total. The Kier molecular flexibility index (Phi) is 4.42. The molecule has 3 heteroatoms. The molecule has 8 rings (SSSR count). The second-order valence-electron chi connectivity index (χ2n) is 9.45. The molecule has 172 valence electrons. The first kappa shape index (κ1) is 20.6. The van der Waals surface area contributed by atoms with Crippen LogP contribution in [-0.4, -0.2) is 9.97 Å². The number of nitrogens with zero attached hydrogens (tertiary/aromatic N) is 2. The number of benzene rings is 6. The second-order valence-corrected chi connectivity index (χ2v) is 10.5. The highest BCUT2D eigenvalue weighted by atomic mass is 32.1. The van der Waals surface area contributed by atoms with Crippen molar-refractivity contribution in [3.63, 3.8) is 0 Å². The van der Waals surface area contributed by atoms with Gasteiger partial charge in [-0.2, -0.15) is 0 Å². The largest absolute Gasteiger partial charge is 0.252 e. The molecule has 6 aromatic carbocycles. The van der Waals surface area contributed by atoms with Crippen molar-refractivity contribution in [3.05, 3.63) is 122 Å². The Morgan fingerprint density at radius 3 is 1.65 bits per heavy atom. The van der Waals surface area contributed by atoms with Crippen LogP contribution >= 0.6 is 11.3 Å². The Morgan fingerprint density at radius 2 is 0.892 bits per heavy atom. The van der Waals surface area contributed by atoms with Gasteiger partial charge in [-0.1, -0.05) is 84.9 Å². The molecule has 2 heterocycles. The number of thiophene rings is 1. The summed E-state index contributed by atoms with van der Waals surface area (Å²) in [6.07, 6.45) is 3.56. The average molecular weight is 489 g/mol. The minimum atomic E-state index is 0.950. The Bertz CT molecular complexity index is 2100. The lowest BCUT2D eigenvalue weighted by molar-refractivity contribution is 1.31. The molecule has 0 saturated heterocycles. The van der Waals surface area contributed by atoms with Crippen LogP contribution in [0.2, 0.25) is 0 Å². The van der Waals surface area contributed by atoms with Gasteiger partial charge in [0.15, 0.2) is 0 Å². The first-order valence-corrected chi connectivity index (χ1v) is 13.2. The summed E-state index contributed by atoms with van der Waals surface area (Å²) in [6, 6.07) is 39.6. The number of fused-ring (bicyclic) bond motifs is 9. The van der Waals surface area contributed by atoms with E-state index in [1.807, 2.05) is 11.3 Å².